The van der Waals surface area contributed by atoms with Crippen molar-refractivity contribution < 1.29 is 28.6 Å². The summed E-state index contributed by atoms with van der Waals surface area (Å²) in [5.41, 5.74) is 1.81. The fraction of sp³-hybridized carbons (Fsp3) is 0.226. The number of ether oxygens (including phenoxy) is 3. The van der Waals surface area contributed by atoms with Crippen molar-refractivity contribution in [2.45, 2.75) is 39.7 Å². The summed E-state index contributed by atoms with van der Waals surface area (Å²) in [6, 6.07) is 24.6. The molecule has 0 spiro atoms. The average Bonchev–Trinajstić information content (AvgIpc) is 3.25. The summed E-state index contributed by atoms with van der Waals surface area (Å²) in [6.45, 7) is 2.89. The Balaban J connectivity index is 1.63. The minimum Gasteiger partial charge on any atom is -0.445 e. The van der Waals surface area contributed by atoms with Crippen molar-refractivity contribution >= 4 is 18.0 Å². The number of aromatic nitrogens is 2. The second-order valence-corrected chi connectivity index (χ2v) is 9.13. The van der Waals surface area contributed by atoms with E-state index >= 15 is 0 Å². The minimum absolute atomic E-state index is 0.0511. The first-order valence-electron chi connectivity index (χ1n) is 13.2. The van der Waals surface area contributed by atoms with Gasteiger partial charge in [-0.3, -0.25) is 9.59 Å². The molecule has 0 fully saturated rings. The zero-order valence-electron chi connectivity index (χ0n) is 22.9. The third kappa shape index (κ3) is 7.51. The molecule has 0 aliphatic heterocycles. The van der Waals surface area contributed by atoms with E-state index in [0.717, 1.165) is 12.0 Å². The molecule has 1 N–H and O–H groups in total. The predicted octanol–water partition coefficient (Wildman–Crippen LogP) is 4.73. The van der Waals surface area contributed by atoms with E-state index in [4.69, 9.17) is 14.2 Å². The minimum atomic E-state index is -0.775. The van der Waals surface area contributed by atoms with Gasteiger partial charge in [-0.1, -0.05) is 61.9 Å². The van der Waals surface area contributed by atoms with Crippen molar-refractivity contribution in [3.63, 3.8) is 0 Å². The van der Waals surface area contributed by atoms with E-state index in [1.54, 1.807) is 48.5 Å². The maximum Gasteiger partial charge on any atom is 0.407 e. The number of amides is 1. The highest BCUT2D eigenvalue weighted by atomic mass is 16.6. The lowest BCUT2D eigenvalue weighted by molar-refractivity contribution is -0.134. The number of rotatable bonds is 11. The average molecular weight is 558 g/mol. The zero-order chi connectivity index (χ0) is 29.2. The van der Waals surface area contributed by atoms with Crippen molar-refractivity contribution in [3.8, 4) is 23.0 Å². The van der Waals surface area contributed by atoms with Crippen molar-refractivity contribution in [3.05, 3.63) is 106 Å². The summed E-state index contributed by atoms with van der Waals surface area (Å²) in [7, 11) is 0. The van der Waals surface area contributed by atoms with Crippen molar-refractivity contribution in [2.24, 2.45) is 0 Å². The molecule has 0 aliphatic carbocycles. The highest BCUT2D eigenvalue weighted by molar-refractivity contribution is 5.79. The number of hydrogen-bond donors (Lipinski definition) is 1. The van der Waals surface area contributed by atoms with Crippen LogP contribution in [0.25, 0.3) is 11.4 Å². The van der Waals surface area contributed by atoms with Crippen molar-refractivity contribution in [2.75, 3.05) is 6.54 Å². The van der Waals surface area contributed by atoms with Crippen LogP contribution in [0.5, 0.6) is 11.6 Å². The normalized spacial score (nSPS) is 10.6. The Labute approximate surface area is 237 Å². The molecule has 3 aromatic carbocycles. The number of carbonyl (C=O) groups is 3. The highest BCUT2D eigenvalue weighted by Crippen LogP contribution is 2.27. The molecule has 0 aliphatic rings. The molecule has 4 aromatic rings. The molecule has 1 amide bonds. The topological polar surface area (TPSA) is 118 Å². The maximum absolute atomic E-state index is 13.8. The Bertz CT molecular complexity index is 1540. The second kappa shape index (κ2) is 13.8. The van der Waals surface area contributed by atoms with Crippen LogP contribution in [0.15, 0.2) is 89.7 Å². The molecular formula is C31H31N3O7. The first-order valence-corrected chi connectivity index (χ1v) is 13.2. The lowest BCUT2D eigenvalue weighted by Crippen LogP contribution is -2.32. The van der Waals surface area contributed by atoms with Crippen LogP contribution in [0.1, 0.15) is 37.8 Å². The van der Waals surface area contributed by atoms with E-state index in [9.17, 15) is 19.2 Å². The summed E-state index contributed by atoms with van der Waals surface area (Å²) in [4.78, 5) is 50.3. The van der Waals surface area contributed by atoms with Gasteiger partial charge in [0.05, 0.1) is 16.9 Å². The molecule has 41 heavy (non-hydrogen) atoms. The van der Waals surface area contributed by atoms with Gasteiger partial charge in [-0.2, -0.15) is 0 Å². The van der Waals surface area contributed by atoms with E-state index in [2.05, 4.69) is 5.32 Å². The molecule has 0 saturated heterocycles. The van der Waals surface area contributed by atoms with Gasteiger partial charge in [0.25, 0.3) is 5.56 Å². The molecule has 10 heteroatoms. The number of carbonyl (C=O) groups excluding carboxylic acids is 3. The van der Waals surface area contributed by atoms with E-state index in [1.165, 1.54) is 16.3 Å². The Hall–Kier alpha value is -5.12. The standard InChI is InChI=1S/C31H31N3O7/c1-3-4-15-27-29(37)33(25-16-18-26(19-17-25)40-22(2)35)34(24-13-9-6-10-14-24)30(27)41-28(36)20-32-31(38)39-21-23-11-7-5-8-12-23/h5-14,16-19H,3-4,15,20-21H2,1-2H3,(H,32,38). The van der Waals surface area contributed by atoms with E-state index < -0.39 is 24.6 Å². The van der Waals surface area contributed by atoms with Crippen LogP contribution in [-0.4, -0.2) is 33.9 Å². The Morgan fingerprint density at radius 2 is 1.44 bits per heavy atom. The first kappa shape index (κ1) is 28.9. The number of unbranched alkanes of at least 4 members (excludes halogenated alkanes) is 1. The Morgan fingerprint density at radius 3 is 2.07 bits per heavy atom. The van der Waals surface area contributed by atoms with Gasteiger partial charge in [0.2, 0.25) is 5.88 Å². The molecule has 0 bridgehead atoms. The van der Waals surface area contributed by atoms with Crippen LogP contribution in [0.2, 0.25) is 0 Å². The molecule has 1 heterocycles. The van der Waals surface area contributed by atoms with Crippen LogP contribution < -0.4 is 20.3 Å². The van der Waals surface area contributed by atoms with Crippen LogP contribution in [0.3, 0.4) is 0 Å². The second-order valence-electron chi connectivity index (χ2n) is 9.13. The molecule has 0 atom stereocenters. The van der Waals surface area contributed by atoms with Gasteiger partial charge in [-0.15, -0.1) is 0 Å². The zero-order valence-corrected chi connectivity index (χ0v) is 22.9. The third-order valence-corrected chi connectivity index (χ3v) is 6.03. The van der Waals surface area contributed by atoms with Gasteiger partial charge in [-0.25, -0.2) is 19.0 Å². The van der Waals surface area contributed by atoms with Crippen LogP contribution in [-0.2, 0) is 27.4 Å². The summed E-state index contributed by atoms with van der Waals surface area (Å²) in [6.07, 6.45) is 1.10. The first-order chi connectivity index (χ1) is 19.9. The van der Waals surface area contributed by atoms with E-state index in [0.29, 0.717) is 35.5 Å². The van der Waals surface area contributed by atoms with E-state index in [-0.39, 0.29) is 18.0 Å². The van der Waals surface area contributed by atoms with Gasteiger partial charge in [-0.05, 0) is 54.8 Å². The number of nitrogens with zero attached hydrogens (tertiary/aromatic N) is 2. The van der Waals surface area contributed by atoms with Gasteiger partial charge < -0.3 is 19.5 Å². The lowest BCUT2D eigenvalue weighted by atomic mass is 10.1. The van der Waals surface area contributed by atoms with Gasteiger partial charge in [0, 0.05) is 6.92 Å². The van der Waals surface area contributed by atoms with Crippen molar-refractivity contribution in [1.29, 1.82) is 0 Å². The largest absolute Gasteiger partial charge is 0.445 e. The lowest BCUT2D eigenvalue weighted by Gasteiger charge is -2.15. The maximum atomic E-state index is 13.8. The Morgan fingerprint density at radius 1 is 0.805 bits per heavy atom. The third-order valence-electron chi connectivity index (χ3n) is 6.03. The van der Waals surface area contributed by atoms with Crippen LogP contribution >= 0.6 is 0 Å². The number of alkyl carbamates (subject to hydrolysis) is 1. The number of para-hydroxylation sites is 1. The SMILES string of the molecule is CCCCc1c(OC(=O)CNC(=O)OCc2ccccc2)n(-c2ccccc2)n(-c2ccc(OC(C)=O)cc2)c1=O. The number of benzene rings is 3. The predicted molar refractivity (Wildman–Crippen MR) is 152 cm³/mol. The Kier molecular flexibility index (Phi) is 9.71. The van der Waals surface area contributed by atoms with Crippen LogP contribution in [0, 0.1) is 0 Å². The number of esters is 2. The fourth-order valence-corrected chi connectivity index (χ4v) is 4.12. The molecule has 212 valence electrons. The van der Waals surface area contributed by atoms with Gasteiger partial charge in [0.15, 0.2) is 0 Å². The molecular weight excluding hydrogens is 526 g/mol. The highest BCUT2D eigenvalue weighted by Gasteiger charge is 2.25. The smallest absolute Gasteiger partial charge is 0.407 e. The monoisotopic (exact) mass is 557 g/mol. The van der Waals surface area contributed by atoms with Crippen molar-refractivity contribution in [1.82, 2.24) is 14.7 Å². The molecule has 0 radical (unpaired) electrons. The summed E-state index contributed by atoms with van der Waals surface area (Å²) in [5, 5.41) is 2.40. The molecule has 1 aromatic heterocycles. The van der Waals surface area contributed by atoms with E-state index in [1.807, 2.05) is 43.3 Å². The fourth-order valence-electron chi connectivity index (χ4n) is 4.12. The van der Waals surface area contributed by atoms with Gasteiger partial charge in [0.1, 0.15) is 18.9 Å². The number of hydrogen-bond acceptors (Lipinski definition) is 7. The summed E-state index contributed by atoms with van der Waals surface area (Å²) >= 11 is 0. The molecule has 0 saturated carbocycles. The quantitative estimate of drug-likeness (QED) is 0.209. The molecule has 4 rings (SSSR count). The number of nitrogens with one attached hydrogen (secondary N) is 1. The van der Waals surface area contributed by atoms with Gasteiger partial charge >= 0.3 is 18.0 Å². The summed E-state index contributed by atoms with van der Waals surface area (Å²) < 4.78 is 19.0. The molecule has 0 unspecified atom stereocenters. The summed E-state index contributed by atoms with van der Waals surface area (Å²) in [5.74, 6) is -0.846. The van der Waals surface area contributed by atoms with Crippen LogP contribution in [0.4, 0.5) is 4.79 Å². The molecule has 10 nitrogen and oxygen atoms in total.